The molecule has 2 N–H and O–H groups in total. The maximum Gasteiger partial charge on any atom is 0.221 e. The Bertz CT molecular complexity index is 308. The Balaban J connectivity index is 3.50. The third-order valence-corrected chi connectivity index (χ3v) is 2.41. The molecule has 0 aromatic heterocycles. The van der Waals surface area contributed by atoms with Crippen LogP contribution in [-0.4, -0.2) is 36.5 Å². The van der Waals surface area contributed by atoms with Gasteiger partial charge in [0.2, 0.25) is 11.8 Å². The Kier molecular flexibility index (Phi) is 9.30. The Morgan fingerprint density at radius 2 is 1.16 bits per heavy atom. The van der Waals surface area contributed by atoms with Crippen molar-refractivity contribution in [3.8, 4) is 0 Å². The second-order valence-corrected chi connectivity index (χ2v) is 4.46. The van der Waals surface area contributed by atoms with Gasteiger partial charge in [-0.25, -0.2) is 0 Å². The summed E-state index contributed by atoms with van der Waals surface area (Å²) < 4.78 is 0. The van der Waals surface area contributed by atoms with Crippen LogP contribution in [0.4, 0.5) is 0 Å². The zero-order chi connectivity index (χ0) is 14.7. The van der Waals surface area contributed by atoms with Crippen molar-refractivity contribution in [3.05, 3.63) is 0 Å². The number of rotatable bonds is 10. The van der Waals surface area contributed by atoms with Gasteiger partial charge < -0.3 is 15.4 Å². The molecule has 0 saturated carbocycles. The first-order valence-corrected chi connectivity index (χ1v) is 6.44. The van der Waals surface area contributed by atoms with Crippen LogP contribution in [0.1, 0.15) is 46.0 Å². The number of carbonyl (C=O) groups is 4. The van der Waals surface area contributed by atoms with Crippen LogP contribution in [0.3, 0.4) is 0 Å². The molecule has 0 spiro atoms. The molecule has 19 heavy (non-hydrogen) atoms. The van der Waals surface area contributed by atoms with E-state index in [2.05, 4.69) is 10.6 Å². The van der Waals surface area contributed by atoms with Crippen molar-refractivity contribution in [1.29, 1.82) is 0 Å². The fourth-order valence-corrected chi connectivity index (χ4v) is 1.37. The van der Waals surface area contributed by atoms with E-state index >= 15 is 0 Å². The minimum absolute atomic E-state index is 0.0269. The van der Waals surface area contributed by atoms with Gasteiger partial charge in [0.15, 0.2) is 0 Å². The normalized spacial score (nSPS) is 9.79. The molecule has 108 valence electrons. The van der Waals surface area contributed by atoms with Crippen molar-refractivity contribution in [1.82, 2.24) is 10.6 Å². The molecule has 0 aliphatic rings. The molecular weight excluding hydrogens is 248 g/mol. The maximum absolute atomic E-state index is 11.3. The average Bonchev–Trinajstić information content (AvgIpc) is 2.27. The van der Waals surface area contributed by atoms with Gasteiger partial charge in [-0.2, -0.15) is 0 Å². The molecule has 0 fully saturated rings. The second kappa shape index (κ2) is 10.2. The molecule has 0 atom stereocenters. The van der Waals surface area contributed by atoms with Gasteiger partial charge in [0.1, 0.15) is 11.6 Å². The summed E-state index contributed by atoms with van der Waals surface area (Å²) in [7, 11) is 0. The van der Waals surface area contributed by atoms with Crippen molar-refractivity contribution in [2.24, 2.45) is 0 Å². The van der Waals surface area contributed by atoms with E-state index in [0.717, 1.165) is 0 Å². The molecule has 0 radical (unpaired) electrons. The molecule has 0 aromatic rings. The predicted molar refractivity (Wildman–Crippen MR) is 70.5 cm³/mol. The molecule has 0 aliphatic heterocycles. The molecule has 6 heteroatoms. The first kappa shape index (κ1) is 17.3. The summed E-state index contributed by atoms with van der Waals surface area (Å²) in [4.78, 5) is 43.9. The Hall–Kier alpha value is -1.72. The fraction of sp³-hybridized carbons (Fsp3) is 0.692. The van der Waals surface area contributed by atoms with Crippen molar-refractivity contribution < 1.29 is 19.2 Å². The Morgan fingerprint density at radius 1 is 0.684 bits per heavy atom. The monoisotopic (exact) mass is 270 g/mol. The number of carbonyl (C=O) groups excluding carboxylic acids is 4. The summed E-state index contributed by atoms with van der Waals surface area (Å²) in [6.07, 6.45) is 1.75. The highest BCUT2D eigenvalue weighted by molar-refractivity contribution is 5.80. The third-order valence-electron chi connectivity index (χ3n) is 2.41. The fourth-order valence-electron chi connectivity index (χ4n) is 1.37. The summed E-state index contributed by atoms with van der Waals surface area (Å²) in [5.41, 5.74) is 0. The zero-order valence-corrected chi connectivity index (χ0v) is 11.6. The standard InChI is InChI=1S/C13H22N2O4/c1-10(16)4-3-5-12(18)15-9-7-13(19)14-8-6-11(2)17/h3-9H2,1-2H3,(H,14,19)(H,15,18). The van der Waals surface area contributed by atoms with E-state index < -0.39 is 0 Å². The van der Waals surface area contributed by atoms with E-state index in [9.17, 15) is 19.2 Å². The molecular formula is C13H22N2O4. The van der Waals surface area contributed by atoms with E-state index in [1.807, 2.05) is 0 Å². The van der Waals surface area contributed by atoms with Crippen LogP contribution in [0.2, 0.25) is 0 Å². The maximum atomic E-state index is 11.3. The van der Waals surface area contributed by atoms with Crippen molar-refractivity contribution in [3.63, 3.8) is 0 Å². The van der Waals surface area contributed by atoms with Gasteiger partial charge in [-0.05, 0) is 20.3 Å². The van der Waals surface area contributed by atoms with Crippen LogP contribution in [0.5, 0.6) is 0 Å². The molecule has 0 saturated heterocycles. The van der Waals surface area contributed by atoms with Gasteiger partial charge in [-0.15, -0.1) is 0 Å². The van der Waals surface area contributed by atoms with Gasteiger partial charge in [-0.1, -0.05) is 0 Å². The SMILES string of the molecule is CC(=O)CCCC(=O)NCCC(=O)NCCC(C)=O. The highest BCUT2D eigenvalue weighted by atomic mass is 16.2. The summed E-state index contributed by atoms with van der Waals surface area (Å²) in [5.74, 6) is -0.250. The molecule has 0 unspecified atom stereocenters. The van der Waals surface area contributed by atoms with Crippen molar-refractivity contribution >= 4 is 23.4 Å². The van der Waals surface area contributed by atoms with Crippen molar-refractivity contribution in [2.75, 3.05) is 13.1 Å². The van der Waals surface area contributed by atoms with Crippen LogP contribution >= 0.6 is 0 Å². The van der Waals surface area contributed by atoms with Gasteiger partial charge in [-0.3, -0.25) is 14.4 Å². The number of nitrogens with one attached hydrogen (secondary N) is 2. The number of hydrogen-bond donors (Lipinski definition) is 2. The quantitative estimate of drug-likeness (QED) is 0.599. The minimum atomic E-state index is -0.190. The lowest BCUT2D eigenvalue weighted by Crippen LogP contribution is -2.31. The summed E-state index contributed by atoms with van der Waals surface area (Å²) in [5, 5.41) is 5.20. The predicted octanol–water partition coefficient (Wildman–Crippen LogP) is 0.347. The van der Waals surface area contributed by atoms with Crippen molar-refractivity contribution in [2.45, 2.75) is 46.0 Å². The third kappa shape index (κ3) is 12.5. The lowest BCUT2D eigenvalue weighted by Gasteiger charge is -2.05. The van der Waals surface area contributed by atoms with Gasteiger partial charge >= 0.3 is 0 Å². The number of amides is 2. The molecule has 2 amide bonds. The summed E-state index contributed by atoms with van der Waals surface area (Å²) in [6.45, 7) is 3.56. The smallest absolute Gasteiger partial charge is 0.221 e. The second-order valence-electron chi connectivity index (χ2n) is 4.46. The molecule has 0 heterocycles. The average molecular weight is 270 g/mol. The van der Waals surface area contributed by atoms with Crippen LogP contribution < -0.4 is 10.6 Å². The van der Waals surface area contributed by atoms with E-state index in [1.165, 1.54) is 13.8 Å². The first-order chi connectivity index (χ1) is 8.91. The van der Waals surface area contributed by atoms with Gasteiger partial charge in [0.25, 0.3) is 0 Å². The van der Waals surface area contributed by atoms with E-state index in [1.54, 1.807) is 0 Å². The topological polar surface area (TPSA) is 92.3 Å². The molecule has 0 aromatic carbocycles. The highest BCUT2D eigenvalue weighted by Crippen LogP contribution is 1.95. The van der Waals surface area contributed by atoms with E-state index in [-0.39, 0.29) is 36.3 Å². The van der Waals surface area contributed by atoms with Crippen LogP contribution in [0.15, 0.2) is 0 Å². The molecule has 0 aliphatic carbocycles. The van der Waals surface area contributed by atoms with Gasteiger partial charge in [0, 0.05) is 38.8 Å². The highest BCUT2D eigenvalue weighted by Gasteiger charge is 2.05. The number of hydrogen-bond acceptors (Lipinski definition) is 4. The van der Waals surface area contributed by atoms with Gasteiger partial charge in [0.05, 0.1) is 0 Å². The van der Waals surface area contributed by atoms with Crippen LogP contribution in [-0.2, 0) is 19.2 Å². The van der Waals surface area contributed by atoms with Crippen LogP contribution in [0, 0.1) is 0 Å². The largest absolute Gasteiger partial charge is 0.356 e. The minimum Gasteiger partial charge on any atom is -0.356 e. The van der Waals surface area contributed by atoms with Crippen LogP contribution in [0.25, 0.3) is 0 Å². The number of Topliss-reactive ketones (excluding diaryl/α,β-unsaturated/α-hetero) is 2. The lowest BCUT2D eigenvalue weighted by molar-refractivity contribution is -0.122. The Labute approximate surface area is 113 Å². The number of ketones is 2. The summed E-state index contributed by atoms with van der Waals surface area (Å²) in [6, 6.07) is 0. The molecule has 6 nitrogen and oxygen atoms in total. The lowest BCUT2D eigenvalue weighted by atomic mass is 10.2. The molecule has 0 rings (SSSR count). The van der Waals surface area contributed by atoms with E-state index in [0.29, 0.717) is 32.2 Å². The summed E-state index contributed by atoms with van der Waals surface area (Å²) >= 11 is 0. The molecule has 0 bridgehead atoms. The first-order valence-electron chi connectivity index (χ1n) is 6.44. The van der Waals surface area contributed by atoms with E-state index in [4.69, 9.17) is 0 Å². The zero-order valence-electron chi connectivity index (χ0n) is 11.6. The Morgan fingerprint density at radius 3 is 1.68 bits per heavy atom.